The molecule has 0 aromatic heterocycles. The number of hydrogen-bond acceptors (Lipinski definition) is 4. The second-order valence-corrected chi connectivity index (χ2v) is 5.64. The van der Waals surface area contributed by atoms with Crippen molar-refractivity contribution in [2.45, 2.75) is 6.04 Å². The number of rotatable bonds is 5. The van der Waals surface area contributed by atoms with Crippen molar-refractivity contribution < 1.29 is 14.3 Å². The van der Waals surface area contributed by atoms with Gasteiger partial charge in [-0.3, -0.25) is 4.79 Å². The summed E-state index contributed by atoms with van der Waals surface area (Å²) in [6.45, 7) is 1.93. The molecule has 1 atom stereocenters. The van der Waals surface area contributed by atoms with Crippen LogP contribution in [-0.2, 0) is 9.53 Å². The summed E-state index contributed by atoms with van der Waals surface area (Å²) in [5.74, 6) is 0.782. The Bertz CT molecular complexity index is 675. The van der Waals surface area contributed by atoms with E-state index < -0.39 is 0 Å². The van der Waals surface area contributed by atoms with Crippen LogP contribution in [0.3, 0.4) is 0 Å². The highest BCUT2D eigenvalue weighted by atomic mass is 16.5. The van der Waals surface area contributed by atoms with E-state index in [1.165, 1.54) is 0 Å². The Kier molecular flexibility index (Phi) is 5.33. The highest BCUT2D eigenvalue weighted by Gasteiger charge is 2.28. The number of methoxy groups -OCH3 is 1. The Morgan fingerprint density at radius 1 is 1.21 bits per heavy atom. The molecule has 0 unspecified atom stereocenters. The molecule has 0 spiro atoms. The van der Waals surface area contributed by atoms with E-state index in [9.17, 15) is 4.79 Å². The molecule has 1 aliphatic rings. The van der Waals surface area contributed by atoms with Crippen LogP contribution in [0.5, 0.6) is 5.75 Å². The van der Waals surface area contributed by atoms with Crippen molar-refractivity contribution in [1.82, 2.24) is 4.90 Å². The summed E-state index contributed by atoms with van der Waals surface area (Å²) >= 11 is 0. The van der Waals surface area contributed by atoms with Crippen molar-refractivity contribution in [3.63, 3.8) is 0 Å². The fourth-order valence-electron chi connectivity index (χ4n) is 2.92. The first-order chi connectivity index (χ1) is 11.8. The van der Waals surface area contributed by atoms with E-state index in [0.717, 1.165) is 17.0 Å². The van der Waals surface area contributed by atoms with Crippen molar-refractivity contribution in [1.29, 1.82) is 0 Å². The molecule has 5 heteroatoms. The van der Waals surface area contributed by atoms with Gasteiger partial charge >= 0.3 is 0 Å². The Morgan fingerprint density at radius 3 is 2.75 bits per heavy atom. The van der Waals surface area contributed by atoms with Gasteiger partial charge in [0.25, 0.3) is 0 Å². The summed E-state index contributed by atoms with van der Waals surface area (Å²) in [5.41, 5.74) is 1.92. The molecule has 1 fully saturated rings. The zero-order valence-electron chi connectivity index (χ0n) is 13.8. The molecule has 0 bridgehead atoms. The van der Waals surface area contributed by atoms with Gasteiger partial charge < -0.3 is 19.7 Å². The number of morpholine rings is 1. The zero-order chi connectivity index (χ0) is 16.8. The van der Waals surface area contributed by atoms with E-state index in [1.807, 2.05) is 59.5 Å². The van der Waals surface area contributed by atoms with Crippen LogP contribution in [0.4, 0.5) is 5.69 Å². The van der Waals surface area contributed by atoms with Crippen LogP contribution in [0.15, 0.2) is 54.6 Å². The number of carbonyl (C=O) groups excluding carboxylic acids is 1. The number of anilines is 1. The Balaban J connectivity index is 1.68. The Morgan fingerprint density at radius 2 is 1.96 bits per heavy atom. The van der Waals surface area contributed by atoms with Gasteiger partial charge in [0.1, 0.15) is 5.75 Å². The maximum absolute atomic E-state index is 12.7. The van der Waals surface area contributed by atoms with Gasteiger partial charge in [0.15, 0.2) is 0 Å². The smallest absolute Gasteiger partial charge is 0.242 e. The van der Waals surface area contributed by atoms with Crippen molar-refractivity contribution in [3.8, 4) is 5.75 Å². The number of amides is 1. The monoisotopic (exact) mass is 326 g/mol. The van der Waals surface area contributed by atoms with Crippen LogP contribution >= 0.6 is 0 Å². The molecular formula is C19H22N2O3. The van der Waals surface area contributed by atoms with E-state index in [4.69, 9.17) is 9.47 Å². The number of nitrogens with one attached hydrogen (secondary N) is 1. The fourth-order valence-corrected chi connectivity index (χ4v) is 2.92. The van der Waals surface area contributed by atoms with Gasteiger partial charge in [0.2, 0.25) is 5.91 Å². The van der Waals surface area contributed by atoms with Crippen molar-refractivity contribution in [3.05, 3.63) is 60.2 Å². The minimum Gasteiger partial charge on any atom is -0.495 e. The lowest BCUT2D eigenvalue weighted by atomic mass is 10.0. The lowest BCUT2D eigenvalue weighted by molar-refractivity contribution is -0.138. The third-order valence-electron chi connectivity index (χ3n) is 4.17. The molecule has 24 heavy (non-hydrogen) atoms. The Labute approximate surface area is 142 Å². The quantitative estimate of drug-likeness (QED) is 0.918. The number of carbonyl (C=O) groups is 1. The zero-order valence-corrected chi connectivity index (χ0v) is 13.8. The molecule has 0 radical (unpaired) electrons. The van der Waals surface area contributed by atoms with E-state index >= 15 is 0 Å². The van der Waals surface area contributed by atoms with E-state index in [2.05, 4.69) is 5.32 Å². The molecule has 126 valence electrons. The largest absolute Gasteiger partial charge is 0.495 e. The van der Waals surface area contributed by atoms with E-state index in [-0.39, 0.29) is 18.5 Å². The molecule has 5 nitrogen and oxygen atoms in total. The van der Waals surface area contributed by atoms with Crippen LogP contribution < -0.4 is 10.1 Å². The number of nitrogens with zero attached hydrogens (tertiary/aromatic N) is 1. The number of para-hydroxylation sites is 2. The van der Waals surface area contributed by atoms with Gasteiger partial charge in [-0.1, -0.05) is 42.5 Å². The normalized spacial score (nSPS) is 17.4. The molecule has 1 saturated heterocycles. The van der Waals surface area contributed by atoms with Gasteiger partial charge in [-0.25, -0.2) is 0 Å². The third-order valence-corrected chi connectivity index (χ3v) is 4.17. The molecule has 2 aromatic carbocycles. The first-order valence-electron chi connectivity index (χ1n) is 8.08. The summed E-state index contributed by atoms with van der Waals surface area (Å²) in [5, 5.41) is 3.18. The molecule has 2 aromatic rings. The predicted octanol–water partition coefficient (Wildman–Crippen LogP) is 2.71. The lowest BCUT2D eigenvalue weighted by Crippen LogP contribution is -2.45. The maximum Gasteiger partial charge on any atom is 0.242 e. The second kappa shape index (κ2) is 7.84. The number of ether oxygens (including phenoxy) is 2. The van der Waals surface area contributed by atoms with Crippen LogP contribution in [-0.4, -0.2) is 44.2 Å². The molecule has 1 aliphatic heterocycles. The third kappa shape index (κ3) is 3.68. The topological polar surface area (TPSA) is 50.8 Å². The summed E-state index contributed by atoms with van der Waals surface area (Å²) in [7, 11) is 1.62. The summed E-state index contributed by atoms with van der Waals surface area (Å²) in [6.07, 6.45) is 0. The van der Waals surface area contributed by atoms with Crippen molar-refractivity contribution in [2.75, 3.05) is 38.7 Å². The molecule has 3 rings (SSSR count). The summed E-state index contributed by atoms with van der Waals surface area (Å²) in [6, 6.07) is 17.6. The first kappa shape index (κ1) is 16.3. The van der Waals surface area contributed by atoms with Crippen molar-refractivity contribution in [2.24, 2.45) is 0 Å². The molecule has 1 N–H and O–H groups in total. The number of hydrogen-bond donors (Lipinski definition) is 1. The molecule has 0 saturated carbocycles. The minimum atomic E-state index is -0.0353. The summed E-state index contributed by atoms with van der Waals surface area (Å²) < 4.78 is 10.9. The second-order valence-electron chi connectivity index (χ2n) is 5.64. The van der Waals surface area contributed by atoms with Crippen LogP contribution in [0.1, 0.15) is 11.6 Å². The first-order valence-corrected chi connectivity index (χ1v) is 8.08. The van der Waals surface area contributed by atoms with Gasteiger partial charge in [-0.15, -0.1) is 0 Å². The average Bonchev–Trinajstić information content (AvgIpc) is 2.67. The highest BCUT2D eigenvalue weighted by molar-refractivity contribution is 5.82. The highest BCUT2D eigenvalue weighted by Crippen LogP contribution is 2.25. The SMILES string of the molecule is COc1ccccc1NCC(=O)N1CCOC[C@H]1c1ccccc1. The van der Waals surface area contributed by atoms with Crippen LogP contribution in [0.25, 0.3) is 0 Å². The molecule has 0 aliphatic carbocycles. The van der Waals surface area contributed by atoms with Gasteiger partial charge in [-0.05, 0) is 17.7 Å². The minimum absolute atomic E-state index is 0.0353. The Hall–Kier alpha value is -2.53. The predicted molar refractivity (Wildman–Crippen MR) is 93.2 cm³/mol. The van der Waals surface area contributed by atoms with E-state index in [0.29, 0.717) is 19.8 Å². The van der Waals surface area contributed by atoms with Crippen LogP contribution in [0, 0.1) is 0 Å². The maximum atomic E-state index is 12.7. The fraction of sp³-hybridized carbons (Fsp3) is 0.316. The molecule has 1 heterocycles. The van der Waals surface area contributed by atoms with Crippen LogP contribution in [0.2, 0.25) is 0 Å². The van der Waals surface area contributed by atoms with Gasteiger partial charge in [-0.2, -0.15) is 0 Å². The summed E-state index contributed by atoms with van der Waals surface area (Å²) in [4.78, 5) is 14.6. The molecular weight excluding hydrogens is 304 g/mol. The van der Waals surface area contributed by atoms with E-state index in [1.54, 1.807) is 7.11 Å². The standard InChI is InChI=1S/C19H22N2O3/c1-23-18-10-6-5-9-16(18)20-13-19(22)21-11-12-24-14-17(21)15-7-3-2-4-8-15/h2-10,17,20H,11-14H2,1H3/t17-/m0/s1. The number of benzene rings is 2. The lowest BCUT2D eigenvalue weighted by Gasteiger charge is -2.36. The average molecular weight is 326 g/mol. The molecule has 1 amide bonds. The van der Waals surface area contributed by atoms with Crippen molar-refractivity contribution >= 4 is 11.6 Å². The van der Waals surface area contributed by atoms with Gasteiger partial charge in [0.05, 0.1) is 38.6 Å². The van der Waals surface area contributed by atoms with Gasteiger partial charge in [0, 0.05) is 6.54 Å².